The minimum absolute atomic E-state index is 0.181. The van der Waals surface area contributed by atoms with Gasteiger partial charge in [-0.3, -0.25) is 0 Å². The molecule has 0 saturated heterocycles. The van der Waals surface area contributed by atoms with Crippen LogP contribution >= 0.6 is 0 Å². The first-order valence-electron chi connectivity index (χ1n) is 5.20. The second-order valence-corrected chi connectivity index (χ2v) is 4.59. The lowest BCUT2D eigenvalue weighted by molar-refractivity contribution is 0.441. The van der Waals surface area contributed by atoms with Crippen molar-refractivity contribution in [1.29, 1.82) is 0 Å². The highest BCUT2D eigenvalue weighted by molar-refractivity contribution is 4.70. The van der Waals surface area contributed by atoms with E-state index in [9.17, 15) is 0 Å². The molecule has 0 aromatic carbocycles. The smallest absolute Gasteiger partial charge is 0.0221 e. The third kappa shape index (κ3) is 9.80. The van der Waals surface area contributed by atoms with Gasteiger partial charge in [-0.25, -0.2) is 0 Å². The van der Waals surface area contributed by atoms with E-state index in [4.69, 9.17) is 17.2 Å². The second kappa shape index (κ2) is 6.35. The summed E-state index contributed by atoms with van der Waals surface area (Å²) in [5.74, 6) is 0. The van der Waals surface area contributed by atoms with Crippen molar-refractivity contribution in [1.82, 2.24) is 0 Å². The summed E-state index contributed by atoms with van der Waals surface area (Å²) in [7, 11) is 0. The van der Waals surface area contributed by atoms with E-state index in [1.807, 2.05) is 13.8 Å². The van der Waals surface area contributed by atoms with Gasteiger partial charge in [0.2, 0.25) is 0 Å². The van der Waals surface area contributed by atoms with Gasteiger partial charge in [-0.05, 0) is 26.7 Å². The molecule has 0 spiro atoms. The third-order valence-corrected chi connectivity index (χ3v) is 2.18. The molecule has 0 amide bonds. The minimum atomic E-state index is -0.181. The molecule has 0 aromatic rings. The van der Waals surface area contributed by atoms with Crippen molar-refractivity contribution in [2.45, 2.75) is 57.5 Å². The van der Waals surface area contributed by atoms with Crippen molar-refractivity contribution in [3.63, 3.8) is 0 Å². The fourth-order valence-electron chi connectivity index (χ4n) is 1.13. The highest BCUT2D eigenvalue weighted by Crippen LogP contribution is 2.14. The van der Waals surface area contributed by atoms with Crippen LogP contribution in [0.4, 0.5) is 0 Å². The summed E-state index contributed by atoms with van der Waals surface area (Å²) in [6, 6.07) is 0.536. The third-order valence-electron chi connectivity index (χ3n) is 2.18. The van der Waals surface area contributed by atoms with Crippen LogP contribution in [0.25, 0.3) is 0 Å². The van der Waals surface area contributed by atoms with Crippen LogP contribution in [-0.2, 0) is 0 Å². The van der Waals surface area contributed by atoms with Gasteiger partial charge < -0.3 is 17.2 Å². The SMILES string of the molecule is CC(C)(N)CN.NC1CCCCC1. The molecule has 3 heteroatoms. The molecule has 0 unspecified atom stereocenters. The van der Waals surface area contributed by atoms with Gasteiger partial charge in [0, 0.05) is 18.1 Å². The molecule has 0 bridgehead atoms. The van der Waals surface area contributed by atoms with Gasteiger partial charge in [-0.1, -0.05) is 19.3 Å². The minimum Gasteiger partial charge on any atom is -0.329 e. The summed E-state index contributed by atoms with van der Waals surface area (Å²) in [6.45, 7) is 4.34. The molecule has 3 nitrogen and oxygen atoms in total. The van der Waals surface area contributed by atoms with Crippen LogP contribution < -0.4 is 17.2 Å². The molecule has 1 rings (SSSR count). The van der Waals surface area contributed by atoms with Gasteiger partial charge in [-0.15, -0.1) is 0 Å². The van der Waals surface area contributed by atoms with Crippen molar-refractivity contribution in [3.8, 4) is 0 Å². The van der Waals surface area contributed by atoms with Crippen LogP contribution in [0.5, 0.6) is 0 Å². The van der Waals surface area contributed by atoms with Gasteiger partial charge in [0.15, 0.2) is 0 Å². The predicted octanol–water partition coefficient (Wildman–Crippen LogP) is 0.960. The maximum absolute atomic E-state index is 5.63. The molecule has 13 heavy (non-hydrogen) atoms. The zero-order valence-corrected chi connectivity index (χ0v) is 9.05. The lowest BCUT2D eigenvalue weighted by Gasteiger charge is -2.15. The molecule has 0 radical (unpaired) electrons. The first-order valence-corrected chi connectivity index (χ1v) is 5.20. The monoisotopic (exact) mass is 187 g/mol. The van der Waals surface area contributed by atoms with Gasteiger partial charge in [0.05, 0.1) is 0 Å². The highest BCUT2D eigenvalue weighted by Gasteiger charge is 2.06. The molecule has 1 saturated carbocycles. The summed E-state index contributed by atoms with van der Waals surface area (Å²) in [5.41, 5.74) is 16.0. The normalized spacial score (nSPS) is 19.2. The van der Waals surface area contributed by atoms with Crippen molar-refractivity contribution < 1.29 is 0 Å². The lowest BCUT2D eigenvalue weighted by Crippen LogP contribution is -2.40. The Labute approximate surface area is 82.0 Å². The molecule has 0 heterocycles. The Morgan fingerprint density at radius 3 is 1.69 bits per heavy atom. The molecule has 6 N–H and O–H groups in total. The summed E-state index contributed by atoms with van der Waals surface area (Å²) in [6.07, 6.45) is 6.66. The van der Waals surface area contributed by atoms with E-state index in [0.29, 0.717) is 12.6 Å². The zero-order valence-electron chi connectivity index (χ0n) is 9.05. The van der Waals surface area contributed by atoms with E-state index in [1.165, 1.54) is 32.1 Å². The van der Waals surface area contributed by atoms with Crippen LogP contribution in [0.3, 0.4) is 0 Å². The zero-order chi connectivity index (χ0) is 10.3. The molecule has 1 aliphatic carbocycles. The van der Waals surface area contributed by atoms with E-state index < -0.39 is 0 Å². The van der Waals surface area contributed by atoms with Crippen LogP contribution in [-0.4, -0.2) is 18.1 Å². The quantitative estimate of drug-likeness (QED) is 0.572. The standard InChI is InChI=1S/C6H13N.C4H12N2/c7-6-4-2-1-3-5-6;1-4(2,6)3-5/h6H,1-5,7H2;3,5-6H2,1-2H3. The first-order chi connectivity index (χ1) is 5.95. The fourth-order valence-corrected chi connectivity index (χ4v) is 1.13. The average Bonchev–Trinajstić information content (AvgIpc) is 2.06. The highest BCUT2D eigenvalue weighted by atomic mass is 14.8. The van der Waals surface area contributed by atoms with Gasteiger partial charge in [0.1, 0.15) is 0 Å². The summed E-state index contributed by atoms with van der Waals surface area (Å²) in [4.78, 5) is 0. The Morgan fingerprint density at radius 2 is 1.54 bits per heavy atom. The Morgan fingerprint density at radius 1 is 1.15 bits per heavy atom. The van der Waals surface area contributed by atoms with E-state index in [1.54, 1.807) is 0 Å². The molecule has 0 aliphatic heterocycles. The Kier molecular flexibility index (Phi) is 6.29. The van der Waals surface area contributed by atoms with E-state index in [2.05, 4.69) is 0 Å². The van der Waals surface area contributed by atoms with Crippen molar-refractivity contribution in [2.24, 2.45) is 17.2 Å². The number of rotatable bonds is 1. The molecule has 0 aromatic heterocycles. The molecule has 1 fully saturated rings. The Bertz CT molecular complexity index is 112. The summed E-state index contributed by atoms with van der Waals surface area (Å²) < 4.78 is 0. The second-order valence-electron chi connectivity index (χ2n) is 4.59. The van der Waals surface area contributed by atoms with Gasteiger partial charge in [-0.2, -0.15) is 0 Å². The van der Waals surface area contributed by atoms with Crippen molar-refractivity contribution in [2.75, 3.05) is 6.54 Å². The Hall–Kier alpha value is -0.120. The number of hydrogen-bond donors (Lipinski definition) is 3. The van der Waals surface area contributed by atoms with Crippen molar-refractivity contribution in [3.05, 3.63) is 0 Å². The molecule has 80 valence electrons. The summed E-state index contributed by atoms with van der Waals surface area (Å²) >= 11 is 0. The molecular formula is C10H25N3. The van der Waals surface area contributed by atoms with Crippen LogP contribution in [0.15, 0.2) is 0 Å². The summed E-state index contributed by atoms with van der Waals surface area (Å²) in [5, 5.41) is 0. The fraction of sp³-hybridized carbons (Fsp3) is 1.00. The predicted molar refractivity (Wildman–Crippen MR) is 58.4 cm³/mol. The van der Waals surface area contributed by atoms with Crippen LogP contribution in [0, 0.1) is 0 Å². The van der Waals surface area contributed by atoms with Crippen LogP contribution in [0.2, 0.25) is 0 Å². The maximum atomic E-state index is 5.63. The average molecular weight is 187 g/mol. The number of hydrogen-bond acceptors (Lipinski definition) is 3. The van der Waals surface area contributed by atoms with E-state index in [0.717, 1.165) is 0 Å². The maximum Gasteiger partial charge on any atom is 0.0221 e. The van der Waals surface area contributed by atoms with E-state index in [-0.39, 0.29) is 5.54 Å². The van der Waals surface area contributed by atoms with E-state index >= 15 is 0 Å². The topological polar surface area (TPSA) is 78.1 Å². The Balaban J connectivity index is 0.000000226. The van der Waals surface area contributed by atoms with Gasteiger partial charge in [0.25, 0.3) is 0 Å². The molecule has 0 atom stereocenters. The van der Waals surface area contributed by atoms with Gasteiger partial charge >= 0.3 is 0 Å². The molecule has 1 aliphatic rings. The molecular weight excluding hydrogens is 162 g/mol. The lowest BCUT2D eigenvalue weighted by atomic mass is 9.97. The first kappa shape index (κ1) is 12.9. The number of nitrogens with two attached hydrogens (primary N) is 3. The largest absolute Gasteiger partial charge is 0.329 e. The van der Waals surface area contributed by atoms with Crippen LogP contribution in [0.1, 0.15) is 46.0 Å². The van der Waals surface area contributed by atoms with Crippen molar-refractivity contribution >= 4 is 0 Å².